The quantitative estimate of drug-likeness (QED) is 0.657. The Morgan fingerprint density at radius 3 is 2.74 bits per heavy atom. The van der Waals surface area contributed by atoms with Crippen LogP contribution in [0.4, 0.5) is 0 Å². The number of benzene rings is 1. The molecule has 0 bridgehead atoms. The summed E-state index contributed by atoms with van der Waals surface area (Å²) in [5, 5.41) is 4.33. The summed E-state index contributed by atoms with van der Waals surface area (Å²) in [6.07, 6.45) is 3.34. The van der Waals surface area contributed by atoms with Gasteiger partial charge in [-0.2, -0.15) is 0 Å². The van der Waals surface area contributed by atoms with Crippen molar-refractivity contribution in [2.45, 2.75) is 33.1 Å². The molecule has 0 saturated carbocycles. The van der Waals surface area contributed by atoms with E-state index in [0.717, 1.165) is 44.2 Å². The average Bonchev–Trinajstić information content (AvgIpc) is 2.43. The van der Waals surface area contributed by atoms with Gasteiger partial charge in [0.2, 0.25) is 0 Å². The number of halogens is 1. The largest absolute Gasteiger partial charge is 0.382 e. The Bertz CT molecular complexity index is 343. The highest BCUT2D eigenvalue weighted by Gasteiger charge is 2.11. The number of nitrogens with one attached hydrogen (secondary N) is 1. The van der Waals surface area contributed by atoms with Crippen LogP contribution in [0.2, 0.25) is 5.02 Å². The van der Waals surface area contributed by atoms with Crippen molar-refractivity contribution < 1.29 is 4.74 Å². The Morgan fingerprint density at radius 2 is 2.05 bits per heavy atom. The second-order valence-electron chi connectivity index (χ2n) is 4.81. The topological polar surface area (TPSA) is 21.3 Å². The van der Waals surface area contributed by atoms with Crippen molar-refractivity contribution in [3.05, 3.63) is 34.9 Å². The summed E-state index contributed by atoms with van der Waals surface area (Å²) >= 11 is 6.24. The van der Waals surface area contributed by atoms with E-state index in [1.807, 2.05) is 19.1 Å². The molecule has 0 heterocycles. The first kappa shape index (κ1) is 16.5. The van der Waals surface area contributed by atoms with E-state index < -0.39 is 0 Å². The summed E-state index contributed by atoms with van der Waals surface area (Å²) < 4.78 is 5.42. The van der Waals surface area contributed by atoms with Gasteiger partial charge in [0.25, 0.3) is 0 Å². The molecule has 0 fully saturated rings. The first-order chi connectivity index (χ1) is 9.27. The summed E-state index contributed by atoms with van der Waals surface area (Å²) in [7, 11) is 0. The number of hydrogen-bond acceptors (Lipinski definition) is 2. The third kappa shape index (κ3) is 6.95. The second-order valence-corrected chi connectivity index (χ2v) is 5.22. The monoisotopic (exact) mass is 283 g/mol. The van der Waals surface area contributed by atoms with Crippen molar-refractivity contribution in [3.63, 3.8) is 0 Å². The Kier molecular flexibility index (Phi) is 8.89. The Balaban J connectivity index is 2.46. The van der Waals surface area contributed by atoms with E-state index in [4.69, 9.17) is 16.3 Å². The van der Waals surface area contributed by atoms with Crippen LogP contribution in [0.25, 0.3) is 0 Å². The highest BCUT2D eigenvalue weighted by atomic mass is 35.5. The maximum Gasteiger partial charge on any atom is 0.0466 e. The van der Waals surface area contributed by atoms with E-state index >= 15 is 0 Å². The Hall–Kier alpha value is -0.570. The van der Waals surface area contributed by atoms with Crippen LogP contribution in [0.3, 0.4) is 0 Å². The molecule has 1 unspecified atom stereocenters. The molecule has 1 aromatic rings. The maximum atomic E-state index is 6.24. The second kappa shape index (κ2) is 10.2. The maximum absolute atomic E-state index is 6.24. The Labute approximate surface area is 122 Å². The van der Waals surface area contributed by atoms with E-state index in [1.165, 1.54) is 12.0 Å². The van der Waals surface area contributed by atoms with Gasteiger partial charge in [-0.25, -0.2) is 0 Å². The minimum absolute atomic E-state index is 0.625. The highest BCUT2D eigenvalue weighted by molar-refractivity contribution is 6.31. The molecule has 1 aromatic carbocycles. The van der Waals surface area contributed by atoms with Gasteiger partial charge in [0, 0.05) is 18.2 Å². The van der Waals surface area contributed by atoms with Crippen molar-refractivity contribution >= 4 is 11.6 Å². The molecule has 1 atom stereocenters. The smallest absolute Gasteiger partial charge is 0.0466 e. The number of rotatable bonds is 10. The molecule has 3 heteroatoms. The first-order valence-electron chi connectivity index (χ1n) is 7.29. The van der Waals surface area contributed by atoms with Crippen LogP contribution in [-0.2, 0) is 11.2 Å². The number of ether oxygens (including phenoxy) is 1. The minimum atomic E-state index is 0.625. The van der Waals surface area contributed by atoms with Gasteiger partial charge in [-0.1, -0.05) is 36.7 Å². The molecule has 0 radical (unpaired) electrons. The third-order valence-corrected chi connectivity index (χ3v) is 3.62. The van der Waals surface area contributed by atoms with Crippen LogP contribution in [0.1, 0.15) is 32.3 Å². The first-order valence-corrected chi connectivity index (χ1v) is 7.67. The lowest BCUT2D eigenvalue weighted by Crippen LogP contribution is -2.24. The van der Waals surface area contributed by atoms with E-state index in [1.54, 1.807) is 0 Å². The van der Waals surface area contributed by atoms with Crippen LogP contribution < -0.4 is 5.32 Å². The van der Waals surface area contributed by atoms with Crippen molar-refractivity contribution in [1.29, 1.82) is 0 Å². The van der Waals surface area contributed by atoms with Crippen LogP contribution in [-0.4, -0.2) is 26.3 Å². The zero-order chi connectivity index (χ0) is 13.9. The molecule has 0 aliphatic rings. The minimum Gasteiger partial charge on any atom is -0.382 e. The molecule has 2 nitrogen and oxygen atoms in total. The summed E-state index contributed by atoms with van der Waals surface area (Å²) in [4.78, 5) is 0. The van der Waals surface area contributed by atoms with Gasteiger partial charge in [0.05, 0.1) is 0 Å². The van der Waals surface area contributed by atoms with Crippen molar-refractivity contribution in [1.82, 2.24) is 5.32 Å². The lowest BCUT2D eigenvalue weighted by atomic mass is 9.94. The van der Waals surface area contributed by atoms with E-state index in [0.29, 0.717) is 5.92 Å². The van der Waals surface area contributed by atoms with Gasteiger partial charge in [0.1, 0.15) is 0 Å². The average molecular weight is 284 g/mol. The van der Waals surface area contributed by atoms with E-state index in [9.17, 15) is 0 Å². The van der Waals surface area contributed by atoms with Gasteiger partial charge in [0.15, 0.2) is 0 Å². The molecular formula is C16H26ClNO. The van der Waals surface area contributed by atoms with Crippen LogP contribution >= 0.6 is 11.6 Å². The van der Waals surface area contributed by atoms with Gasteiger partial charge < -0.3 is 10.1 Å². The molecular weight excluding hydrogens is 258 g/mol. The molecule has 108 valence electrons. The van der Waals surface area contributed by atoms with Crippen molar-refractivity contribution in [2.75, 3.05) is 26.3 Å². The fourth-order valence-electron chi connectivity index (χ4n) is 2.22. The zero-order valence-corrected chi connectivity index (χ0v) is 12.9. The molecule has 0 saturated heterocycles. The summed E-state index contributed by atoms with van der Waals surface area (Å²) in [5.74, 6) is 0.625. The normalized spacial score (nSPS) is 12.6. The van der Waals surface area contributed by atoms with Gasteiger partial charge in [-0.3, -0.25) is 0 Å². The van der Waals surface area contributed by atoms with Crippen molar-refractivity contribution in [3.8, 4) is 0 Å². The third-order valence-electron chi connectivity index (χ3n) is 3.25. The van der Waals surface area contributed by atoms with Gasteiger partial charge >= 0.3 is 0 Å². The summed E-state index contributed by atoms with van der Waals surface area (Å²) in [6, 6.07) is 8.15. The molecule has 0 aromatic heterocycles. The standard InChI is InChI=1S/C16H26ClNO/c1-3-18-13-14(8-7-11-19-4-2)12-15-9-5-6-10-16(15)17/h5-6,9-10,14,18H,3-4,7-8,11-13H2,1-2H3. The molecule has 0 spiro atoms. The lowest BCUT2D eigenvalue weighted by Gasteiger charge is -2.18. The number of hydrogen-bond donors (Lipinski definition) is 1. The Morgan fingerprint density at radius 1 is 1.26 bits per heavy atom. The molecule has 1 rings (SSSR count). The lowest BCUT2D eigenvalue weighted by molar-refractivity contribution is 0.139. The highest BCUT2D eigenvalue weighted by Crippen LogP contribution is 2.21. The SMILES string of the molecule is CCNCC(CCCOCC)Cc1ccccc1Cl. The van der Waals surface area contributed by atoms with Gasteiger partial charge in [-0.05, 0) is 56.8 Å². The summed E-state index contributed by atoms with van der Waals surface area (Å²) in [6.45, 7) is 7.93. The predicted molar refractivity (Wildman–Crippen MR) is 82.9 cm³/mol. The summed E-state index contributed by atoms with van der Waals surface area (Å²) in [5.41, 5.74) is 1.25. The fourth-order valence-corrected chi connectivity index (χ4v) is 2.43. The van der Waals surface area contributed by atoms with E-state index in [2.05, 4.69) is 24.4 Å². The van der Waals surface area contributed by atoms with Crippen LogP contribution in [0.15, 0.2) is 24.3 Å². The van der Waals surface area contributed by atoms with Gasteiger partial charge in [-0.15, -0.1) is 0 Å². The molecule has 0 aliphatic heterocycles. The molecule has 19 heavy (non-hydrogen) atoms. The molecule has 0 aliphatic carbocycles. The predicted octanol–water partition coefficient (Wildman–Crippen LogP) is 3.92. The molecule has 0 amide bonds. The van der Waals surface area contributed by atoms with E-state index in [-0.39, 0.29) is 0 Å². The molecule has 1 N–H and O–H groups in total. The zero-order valence-electron chi connectivity index (χ0n) is 12.1. The fraction of sp³-hybridized carbons (Fsp3) is 0.625. The van der Waals surface area contributed by atoms with Crippen LogP contribution in [0.5, 0.6) is 0 Å². The van der Waals surface area contributed by atoms with Crippen LogP contribution in [0, 0.1) is 5.92 Å². The van der Waals surface area contributed by atoms with Crippen molar-refractivity contribution in [2.24, 2.45) is 5.92 Å².